The average Bonchev–Trinajstić information content (AvgIpc) is 2.92. The molecule has 0 bridgehead atoms. The summed E-state index contributed by atoms with van der Waals surface area (Å²) >= 11 is 0. The lowest BCUT2D eigenvalue weighted by Crippen LogP contribution is -2.47. The molecule has 1 N–H and O–H groups in total. The topological polar surface area (TPSA) is 48.6 Å². The Morgan fingerprint density at radius 2 is 1.53 bits per heavy atom. The van der Waals surface area contributed by atoms with Gasteiger partial charge in [-0.3, -0.25) is 14.6 Å². The van der Waals surface area contributed by atoms with Gasteiger partial charge in [-0.15, -0.1) is 0 Å². The lowest BCUT2D eigenvalue weighted by Gasteiger charge is -2.40. The van der Waals surface area contributed by atoms with Gasteiger partial charge in [-0.2, -0.15) is 0 Å². The summed E-state index contributed by atoms with van der Waals surface area (Å²) in [5, 5.41) is 0.705. The van der Waals surface area contributed by atoms with E-state index in [0.29, 0.717) is 18.5 Å². The number of piperazine rings is 1. The number of hydrogen-bond donors (Lipinski definition) is 1. The Morgan fingerprint density at radius 3 is 2.14 bits per heavy atom. The zero-order valence-corrected chi connectivity index (χ0v) is 21.2. The van der Waals surface area contributed by atoms with E-state index in [4.69, 9.17) is 4.74 Å². The molecule has 0 radical (unpaired) electrons. The number of hydrogen-bond acceptors (Lipinski definition) is 4. The number of ether oxygens (including phenoxy) is 1. The quantitative estimate of drug-likeness (QED) is 0.359. The molecule has 1 saturated heterocycles. The van der Waals surface area contributed by atoms with Crippen LogP contribution in [0.5, 0.6) is 5.75 Å². The van der Waals surface area contributed by atoms with Crippen LogP contribution in [0.1, 0.15) is 41.8 Å². The average molecular weight is 482 g/mol. The van der Waals surface area contributed by atoms with Gasteiger partial charge in [0.25, 0.3) is 0 Å². The SMILES string of the molecule is CCCOc1ccc2[nH]c(C)c(CN3CCN(C(c4ccccc4)c4ccccc4)CC3)c(=O)c2c1. The van der Waals surface area contributed by atoms with Crippen molar-refractivity contribution in [1.82, 2.24) is 14.8 Å². The van der Waals surface area contributed by atoms with Gasteiger partial charge in [0.05, 0.1) is 12.6 Å². The number of pyridine rings is 1. The fourth-order valence-electron chi connectivity index (χ4n) is 5.22. The first-order chi connectivity index (χ1) is 17.6. The lowest BCUT2D eigenvalue weighted by molar-refractivity contribution is 0.104. The minimum atomic E-state index is 0.108. The van der Waals surface area contributed by atoms with Crippen molar-refractivity contribution < 1.29 is 4.74 Å². The van der Waals surface area contributed by atoms with Crippen LogP contribution in [0.15, 0.2) is 83.7 Å². The van der Waals surface area contributed by atoms with Gasteiger partial charge < -0.3 is 9.72 Å². The first-order valence-electron chi connectivity index (χ1n) is 13.0. The monoisotopic (exact) mass is 481 g/mol. The van der Waals surface area contributed by atoms with E-state index in [0.717, 1.165) is 55.1 Å². The maximum absolute atomic E-state index is 13.5. The largest absolute Gasteiger partial charge is 0.494 e. The van der Waals surface area contributed by atoms with Gasteiger partial charge in [0, 0.05) is 54.9 Å². The van der Waals surface area contributed by atoms with Crippen molar-refractivity contribution in [3.05, 3.63) is 111 Å². The summed E-state index contributed by atoms with van der Waals surface area (Å²) in [7, 11) is 0. The van der Waals surface area contributed by atoms with Crippen molar-refractivity contribution in [2.75, 3.05) is 32.8 Å². The first kappa shape index (κ1) is 24.3. The third-order valence-electron chi connectivity index (χ3n) is 7.14. The van der Waals surface area contributed by atoms with Gasteiger partial charge in [-0.05, 0) is 42.7 Å². The van der Waals surface area contributed by atoms with Crippen molar-refractivity contribution in [1.29, 1.82) is 0 Å². The molecular formula is C31H35N3O2. The van der Waals surface area contributed by atoms with Crippen LogP contribution in [0.4, 0.5) is 0 Å². The van der Waals surface area contributed by atoms with Gasteiger partial charge >= 0.3 is 0 Å². The maximum atomic E-state index is 13.5. The second kappa shape index (κ2) is 11.1. The Labute approximate surface area is 213 Å². The van der Waals surface area contributed by atoms with Gasteiger partial charge in [-0.25, -0.2) is 0 Å². The maximum Gasteiger partial charge on any atom is 0.194 e. The predicted octanol–water partition coefficient (Wildman–Crippen LogP) is 5.53. The molecular weight excluding hydrogens is 446 g/mol. The van der Waals surface area contributed by atoms with E-state index in [-0.39, 0.29) is 11.5 Å². The highest BCUT2D eigenvalue weighted by atomic mass is 16.5. The molecule has 1 aliphatic heterocycles. The van der Waals surface area contributed by atoms with Crippen LogP contribution in [0, 0.1) is 6.92 Å². The number of benzene rings is 3. The summed E-state index contributed by atoms with van der Waals surface area (Å²) in [5.74, 6) is 0.756. The highest BCUT2D eigenvalue weighted by Crippen LogP contribution is 2.29. The summed E-state index contributed by atoms with van der Waals surface area (Å²) in [6, 6.07) is 27.5. The van der Waals surface area contributed by atoms with Crippen molar-refractivity contribution in [2.24, 2.45) is 0 Å². The van der Waals surface area contributed by atoms with E-state index in [2.05, 4.69) is 82.4 Å². The Bertz CT molecular complexity index is 1300. The Hall–Kier alpha value is -3.41. The Kier molecular flexibility index (Phi) is 7.49. The third-order valence-corrected chi connectivity index (χ3v) is 7.14. The lowest BCUT2D eigenvalue weighted by atomic mass is 9.96. The van der Waals surface area contributed by atoms with E-state index in [1.807, 2.05) is 25.1 Å². The molecule has 0 spiro atoms. The molecule has 5 rings (SSSR count). The van der Waals surface area contributed by atoms with E-state index in [1.165, 1.54) is 11.1 Å². The van der Waals surface area contributed by atoms with Crippen molar-refractivity contribution >= 4 is 10.9 Å². The zero-order valence-electron chi connectivity index (χ0n) is 21.2. The summed E-state index contributed by atoms with van der Waals surface area (Å²) < 4.78 is 5.78. The van der Waals surface area contributed by atoms with Crippen LogP contribution in [-0.2, 0) is 6.54 Å². The molecule has 0 atom stereocenters. The molecule has 0 aliphatic carbocycles. The Morgan fingerprint density at radius 1 is 0.889 bits per heavy atom. The molecule has 0 saturated carbocycles. The molecule has 5 heteroatoms. The van der Waals surface area contributed by atoms with Crippen LogP contribution >= 0.6 is 0 Å². The number of aryl methyl sites for hydroxylation is 1. The molecule has 3 aromatic carbocycles. The van der Waals surface area contributed by atoms with Crippen LogP contribution < -0.4 is 10.2 Å². The number of aromatic nitrogens is 1. The molecule has 2 heterocycles. The number of nitrogens with one attached hydrogen (secondary N) is 1. The summed E-state index contributed by atoms with van der Waals surface area (Å²) in [5.41, 5.74) is 5.41. The van der Waals surface area contributed by atoms with Crippen molar-refractivity contribution in [3.8, 4) is 5.75 Å². The molecule has 1 fully saturated rings. The molecule has 1 aromatic heterocycles. The van der Waals surface area contributed by atoms with Gasteiger partial charge in [-0.1, -0.05) is 67.6 Å². The summed E-state index contributed by atoms with van der Waals surface area (Å²) in [4.78, 5) is 21.9. The van der Waals surface area contributed by atoms with E-state index in [1.54, 1.807) is 0 Å². The fraction of sp³-hybridized carbons (Fsp3) is 0.323. The van der Waals surface area contributed by atoms with Crippen LogP contribution in [0.2, 0.25) is 0 Å². The normalized spacial score (nSPS) is 15.0. The van der Waals surface area contributed by atoms with Gasteiger partial charge in [0.2, 0.25) is 0 Å². The third kappa shape index (κ3) is 5.23. The number of nitrogens with zero attached hydrogens (tertiary/aromatic N) is 2. The first-order valence-corrected chi connectivity index (χ1v) is 13.0. The zero-order chi connectivity index (χ0) is 24.9. The van der Waals surface area contributed by atoms with Crippen LogP contribution in [0.3, 0.4) is 0 Å². The molecule has 5 nitrogen and oxygen atoms in total. The van der Waals surface area contributed by atoms with E-state index >= 15 is 0 Å². The highest BCUT2D eigenvalue weighted by Gasteiger charge is 2.27. The predicted molar refractivity (Wildman–Crippen MR) is 147 cm³/mol. The molecule has 4 aromatic rings. The summed E-state index contributed by atoms with van der Waals surface area (Å²) in [6.07, 6.45) is 0.939. The minimum Gasteiger partial charge on any atom is -0.494 e. The summed E-state index contributed by atoms with van der Waals surface area (Å²) in [6.45, 7) is 9.15. The van der Waals surface area contributed by atoms with Gasteiger partial charge in [0.1, 0.15) is 5.75 Å². The number of rotatable bonds is 8. The highest BCUT2D eigenvalue weighted by molar-refractivity contribution is 5.81. The van der Waals surface area contributed by atoms with Gasteiger partial charge in [0.15, 0.2) is 5.43 Å². The smallest absolute Gasteiger partial charge is 0.194 e. The van der Waals surface area contributed by atoms with Crippen molar-refractivity contribution in [3.63, 3.8) is 0 Å². The second-order valence-electron chi connectivity index (χ2n) is 9.65. The number of aromatic amines is 1. The number of fused-ring (bicyclic) bond motifs is 1. The molecule has 0 unspecified atom stereocenters. The minimum absolute atomic E-state index is 0.108. The van der Waals surface area contributed by atoms with Crippen LogP contribution in [0.25, 0.3) is 10.9 Å². The fourth-order valence-corrected chi connectivity index (χ4v) is 5.22. The van der Waals surface area contributed by atoms with Crippen LogP contribution in [-0.4, -0.2) is 47.6 Å². The molecule has 0 amide bonds. The second-order valence-corrected chi connectivity index (χ2v) is 9.65. The van der Waals surface area contributed by atoms with E-state index < -0.39 is 0 Å². The standard InChI is InChI=1S/C31H35N3O2/c1-3-20-36-26-14-15-29-27(21-26)31(35)28(23(2)32-29)22-33-16-18-34(19-17-33)30(24-10-6-4-7-11-24)25-12-8-5-9-13-25/h4-15,21,30H,3,16-20,22H2,1-2H3,(H,32,35). The number of H-pyrrole nitrogens is 1. The Balaban J connectivity index is 1.33. The molecule has 186 valence electrons. The molecule has 1 aliphatic rings. The van der Waals surface area contributed by atoms with Crippen molar-refractivity contribution in [2.45, 2.75) is 32.9 Å². The van der Waals surface area contributed by atoms with E-state index in [9.17, 15) is 4.79 Å². The molecule has 36 heavy (non-hydrogen) atoms.